The fraction of sp³-hybridized carbons (Fsp3) is 0.316. The van der Waals surface area contributed by atoms with Crippen molar-refractivity contribution in [3.63, 3.8) is 0 Å². The lowest BCUT2D eigenvalue weighted by atomic mass is 10.2. The minimum atomic E-state index is -0.508. The molecule has 0 bridgehead atoms. The summed E-state index contributed by atoms with van der Waals surface area (Å²) < 4.78 is 23.5. The Balaban J connectivity index is 1.51. The number of benzene rings is 1. The Labute approximate surface area is 176 Å². The van der Waals surface area contributed by atoms with Crippen LogP contribution in [0, 0.1) is 5.82 Å². The third-order valence-corrected chi connectivity index (χ3v) is 5.32. The lowest BCUT2D eigenvalue weighted by Gasteiger charge is -2.13. The molecule has 0 spiro atoms. The summed E-state index contributed by atoms with van der Waals surface area (Å²) in [6.45, 7) is 3.83. The van der Waals surface area contributed by atoms with E-state index in [-0.39, 0.29) is 43.1 Å². The van der Waals surface area contributed by atoms with E-state index in [0.717, 1.165) is 11.8 Å². The van der Waals surface area contributed by atoms with Crippen molar-refractivity contribution in [2.45, 2.75) is 32.8 Å². The van der Waals surface area contributed by atoms with Crippen LogP contribution in [0.3, 0.4) is 0 Å². The number of thiocarbonyl (C=S) groups is 1. The van der Waals surface area contributed by atoms with Gasteiger partial charge in [0.2, 0.25) is 0 Å². The first-order valence-electron chi connectivity index (χ1n) is 8.82. The fourth-order valence-corrected chi connectivity index (χ4v) is 3.69. The Morgan fingerprint density at radius 3 is 2.76 bits per heavy atom. The quantitative estimate of drug-likeness (QED) is 0.370. The zero-order valence-corrected chi connectivity index (χ0v) is 17.4. The summed E-state index contributed by atoms with van der Waals surface area (Å²) in [5, 5.41) is 3.79. The Hall–Kier alpha value is -2.59. The van der Waals surface area contributed by atoms with E-state index >= 15 is 0 Å². The lowest BCUT2D eigenvalue weighted by molar-refractivity contribution is -0.146. The van der Waals surface area contributed by atoms with E-state index in [1.807, 2.05) is 13.8 Å². The Morgan fingerprint density at radius 1 is 1.38 bits per heavy atom. The highest BCUT2D eigenvalue weighted by Crippen LogP contribution is 2.32. The monoisotopic (exact) mass is 435 g/mol. The minimum absolute atomic E-state index is 0.0263. The van der Waals surface area contributed by atoms with Gasteiger partial charge in [-0.2, -0.15) is 4.98 Å². The van der Waals surface area contributed by atoms with E-state index in [1.165, 1.54) is 17.0 Å². The van der Waals surface area contributed by atoms with Gasteiger partial charge in [0.25, 0.3) is 11.8 Å². The maximum Gasteiger partial charge on any atom is 0.308 e. The van der Waals surface area contributed by atoms with Gasteiger partial charge >= 0.3 is 5.97 Å². The predicted molar refractivity (Wildman–Crippen MR) is 109 cm³/mol. The summed E-state index contributed by atoms with van der Waals surface area (Å²) >= 11 is 6.37. The van der Waals surface area contributed by atoms with Crippen LogP contribution in [0.2, 0.25) is 0 Å². The summed E-state index contributed by atoms with van der Waals surface area (Å²) in [5.74, 6) is -0.285. The number of amides is 1. The molecule has 1 aromatic heterocycles. The lowest BCUT2D eigenvalue weighted by Crippen LogP contribution is -2.30. The van der Waals surface area contributed by atoms with Gasteiger partial charge in [-0.05, 0) is 23.8 Å². The van der Waals surface area contributed by atoms with Gasteiger partial charge in [-0.1, -0.05) is 55.1 Å². The molecule has 7 nitrogen and oxygen atoms in total. The van der Waals surface area contributed by atoms with Crippen LogP contribution in [0.25, 0.3) is 6.08 Å². The smallest absolute Gasteiger partial charge is 0.308 e. The molecule has 2 heterocycles. The second-order valence-electron chi connectivity index (χ2n) is 6.50. The molecule has 0 N–H and O–H groups in total. The molecule has 1 aliphatic heterocycles. The van der Waals surface area contributed by atoms with Crippen molar-refractivity contribution in [3.8, 4) is 0 Å². The maximum absolute atomic E-state index is 13.0. The highest BCUT2D eigenvalue weighted by atomic mass is 32.2. The van der Waals surface area contributed by atoms with E-state index < -0.39 is 5.97 Å². The van der Waals surface area contributed by atoms with Gasteiger partial charge in [0.05, 0.1) is 11.3 Å². The zero-order valence-electron chi connectivity index (χ0n) is 15.8. The Morgan fingerprint density at radius 2 is 2.10 bits per heavy atom. The van der Waals surface area contributed by atoms with Crippen molar-refractivity contribution in [3.05, 3.63) is 52.3 Å². The maximum atomic E-state index is 13.0. The molecular weight excluding hydrogens is 417 g/mol. The average molecular weight is 436 g/mol. The molecule has 10 heteroatoms. The van der Waals surface area contributed by atoms with Crippen molar-refractivity contribution < 1.29 is 23.2 Å². The van der Waals surface area contributed by atoms with Crippen LogP contribution in [0.4, 0.5) is 4.39 Å². The van der Waals surface area contributed by atoms with Gasteiger partial charge in [0.15, 0.2) is 12.4 Å². The molecule has 2 aromatic rings. The number of thioether (sulfide) groups is 1. The first-order chi connectivity index (χ1) is 13.8. The largest absolute Gasteiger partial charge is 0.456 e. The molecule has 152 valence electrons. The second-order valence-corrected chi connectivity index (χ2v) is 8.17. The topological polar surface area (TPSA) is 85.5 Å². The number of carbonyl (C=O) groups excluding carboxylic acids is 2. The molecular formula is C19H18FN3O4S2. The van der Waals surface area contributed by atoms with Crippen LogP contribution in [0.1, 0.15) is 43.5 Å². The van der Waals surface area contributed by atoms with Crippen molar-refractivity contribution in [1.82, 2.24) is 15.0 Å². The van der Waals surface area contributed by atoms with Gasteiger partial charge in [0, 0.05) is 12.5 Å². The highest BCUT2D eigenvalue weighted by Gasteiger charge is 2.32. The molecule has 0 unspecified atom stereocenters. The van der Waals surface area contributed by atoms with Crippen molar-refractivity contribution in [1.29, 1.82) is 0 Å². The van der Waals surface area contributed by atoms with Crippen LogP contribution in [0.15, 0.2) is 33.7 Å². The second kappa shape index (κ2) is 9.27. The molecule has 0 radical (unpaired) electrons. The van der Waals surface area contributed by atoms with E-state index in [4.69, 9.17) is 21.5 Å². The summed E-state index contributed by atoms with van der Waals surface area (Å²) in [6.07, 6.45) is 1.61. The summed E-state index contributed by atoms with van der Waals surface area (Å²) in [7, 11) is 0. The van der Waals surface area contributed by atoms with Crippen LogP contribution in [-0.2, 0) is 20.9 Å². The predicted octanol–water partition coefficient (Wildman–Crippen LogP) is 3.67. The standard InChI is InChI=1S/C19H18FN3O4S2/c1-11(2)17-21-15(27-22-17)10-26-16(24)7-8-23-18(25)14(29-19(23)28)9-12-3-5-13(20)6-4-12/h3-6,9,11H,7-8,10H2,1-2H3/b14-9+. The van der Waals surface area contributed by atoms with Crippen molar-refractivity contribution in [2.75, 3.05) is 6.54 Å². The number of esters is 1. The third kappa shape index (κ3) is 5.48. The van der Waals surface area contributed by atoms with Crippen LogP contribution in [0.5, 0.6) is 0 Å². The van der Waals surface area contributed by atoms with E-state index in [9.17, 15) is 14.0 Å². The SMILES string of the molecule is CC(C)c1noc(COC(=O)CCN2C(=O)/C(=C\c3ccc(F)cc3)SC2=S)n1. The van der Waals surface area contributed by atoms with E-state index in [0.29, 0.717) is 20.6 Å². The van der Waals surface area contributed by atoms with Gasteiger partial charge in [0.1, 0.15) is 10.1 Å². The molecule has 0 aliphatic carbocycles. The first kappa shape index (κ1) is 21.1. The van der Waals surface area contributed by atoms with Crippen molar-refractivity contribution >= 4 is 46.3 Å². The van der Waals surface area contributed by atoms with Gasteiger partial charge in [-0.15, -0.1) is 0 Å². The molecule has 1 aromatic carbocycles. The van der Waals surface area contributed by atoms with E-state index in [1.54, 1.807) is 18.2 Å². The van der Waals surface area contributed by atoms with Crippen molar-refractivity contribution in [2.24, 2.45) is 0 Å². The number of carbonyl (C=O) groups is 2. The molecule has 1 aliphatic rings. The summed E-state index contributed by atoms with van der Waals surface area (Å²) in [5.41, 5.74) is 0.687. The van der Waals surface area contributed by atoms with Gasteiger partial charge in [-0.25, -0.2) is 4.39 Å². The third-order valence-electron chi connectivity index (χ3n) is 3.94. The fourth-order valence-electron chi connectivity index (χ4n) is 2.38. The molecule has 1 fully saturated rings. The number of hydrogen-bond acceptors (Lipinski definition) is 8. The zero-order chi connectivity index (χ0) is 21.0. The molecule has 1 amide bonds. The molecule has 0 atom stereocenters. The van der Waals surface area contributed by atoms with E-state index in [2.05, 4.69) is 10.1 Å². The van der Waals surface area contributed by atoms with Gasteiger partial charge < -0.3 is 9.26 Å². The van der Waals surface area contributed by atoms with Crippen LogP contribution >= 0.6 is 24.0 Å². The number of ether oxygens (including phenoxy) is 1. The number of aromatic nitrogens is 2. The average Bonchev–Trinajstić information content (AvgIpc) is 3.26. The Bertz CT molecular complexity index is 957. The first-order valence-corrected chi connectivity index (χ1v) is 10.0. The molecule has 29 heavy (non-hydrogen) atoms. The number of nitrogens with zero attached hydrogens (tertiary/aromatic N) is 3. The van der Waals surface area contributed by atoms with Gasteiger partial charge in [-0.3, -0.25) is 14.5 Å². The number of rotatable bonds is 7. The summed E-state index contributed by atoms with van der Waals surface area (Å²) in [6, 6.07) is 5.77. The van der Waals surface area contributed by atoms with Crippen LogP contribution in [-0.4, -0.2) is 37.8 Å². The number of halogens is 1. The molecule has 0 saturated carbocycles. The Kier molecular flexibility index (Phi) is 6.75. The minimum Gasteiger partial charge on any atom is -0.456 e. The molecule has 3 rings (SSSR count). The van der Waals surface area contributed by atoms with Crippen LogP contribution < -0.4 is 0 Å². The normalized spacial score (nSPS) is 15.6. The highest BCUT2D eigenvalue weighted by molar-refractivity contribution is 8.26. The number of hydrogen-bond donors (Lipinski definition) is 0. The molecule has 1 saturated heterocycles. The summed E-state index contributed by atoms with van der Waals surface area (Å²) in [4.78, 5) is 30.4.